The normalized spacial score (nSPS) is 35.4. The fraction of sp³-hybridized carbons (Fsp3) is 0.889. The molecule has 2 aliphatic rings. The molecule has 2 heterocycles. The Labute approximate surface area is 78.5 Å². The average molecular weight is 183 g/mol. The first-order valence-electron chi connectivity index (χ1n) is 5.03. The van der Waals surface area contributed by atoms with E-state index in [1.165, 1.54) is 6.42 Å². The number of primary amides is 1. The summed E-state index contributed by atoms with van der Waals surface area (Å²) in [5.41, 5.74) is 5.37. The molecule has 2 rings (SSSR count). The zero-order chi connectivity index (χ0) is 9.26. The molecule has 2 fully saturated rings. The summed E-state index contributed by atoms with van der Waals surface area (Å²) in [4.78, 5) is 13.5. The van der Waals surface area contributed by atoms with Gasteiger partial charge in [-0.15, -0.1) is 0 Å². The van der Waals surface area contributed by atoms with Crippen LogP contribution in [0.4, 0.5) is 0 Å². The zero-order valence-electron chi connectivity index (χ0n) is 7.83. The van der Waals surface area contributed by atoms with Gasteiger partial charge in [-0.1, -0.05) is 0 Å². The van der Waals surface area contributed by atoms with E-state index in [0.717, 1.165) is 32.6 Å². The minimum absolute atomic E-state index is 0.0223. The molecule has 2 atom stereocenters. The van der Waals surface area contributed by atoms with Crippen LogP contribution < -0.4 is 11.1 Å². The van der Waals surface area contributed by atoms with Crippen LogP contribution in [0.5, 0.6) is 0 Å². The van der Waals surface area contributed by atoms with Crippen molar-refractivity contribution in [2.45, 2.75) is 18.9 Å². The fourth-order valence-corrected chi connectivity index (χ4v) is 2.24. The van der Waals surface area contributed by atoms with Crippen LogP contribution in [-0.4, -0.2) is 43.0 Å². The molecule has 4 nitrogen and oxygen atoms in total. The van der Waals surface area contributed by atoms with Crippen molar-refractivity contribution in [1.82, 2.24) is 10.2 Å². The molecule has 0 spiro atoms. The second kappa shape index (κ2) is 3.64. The van der Waals surface area contributed by atoms with E-state index >= 15 is 0 Å². The molecule has 74 valence electrons. The van der Waals surface area contributed by atoms with Crippen molar-refractivity contribution in [3.63, 3.8) is 0 Å². The number of rotatable bonds is 2. The molecule has 0 aromatic rings. The Bertz CT molecular complexity index is 203. The summed E-state index contributed by atoms with van der Waals surface area (Å²) in [6.45, 7) is 4.07. The molecule has 2 aliphatic heterocycles. The van der Waals surface area contributed by atoms with Gasteiger partial charge >= 0.3 is 0 Å². The third-order valence-electron chi connectivity index (χ3n) is 3.17. The quantitative estimate of drug-likeness (QED) is 0.586. The Kier molecular flexibility index (Phi) is 2.51. The van der Waals surface area contributed by atoms with E-state index in [0.29, 0.717) is 6.04 Å². The van der Waals surface area contributed by atoms with Gasteiger partial charge in [0.1, 0.15) is 0 Å². The van der Waals surface area contributed by atoms with Crippen LogP contribution in [-0.2, 0) is 4.79 Å². The van der Waals surface area contributed by atoms with Crippen molar-refractivity contribution in [2.24, 2.45) is 11.7 Å². The van der Waals surface area contributed by atoms with E-state index in [1.54, 1.807) is 0 Å². The third kappa shape index (κ3) is 1.69. The summed E-state index contributed by atoms with van der Waals surface area (Å²) in [7, 11) is 0. The predicted octanol–water partition coefficient (Wildman–Crippen LogP) is -0.844. The molecular formula is C9H17N3O. The Morgan fingerprint density at radius 1 is 1.46 bits per heavy atom. The lowest BCUT2D eigenvalue weighted by Crippen LogP contribution is -2.57. The van der Waals surface area contributed by atoms with Crippen LogP contribution >= 0.6 is 0 Å². The molecule has 0 aliphatic carbocycles. The summed E-state index contributed by atoms with van der Waals surface area (Å²) in [6.07, 6.45) is 2.34. The van der Waals surface area contributed by atoms with E-state index in [2.05, 4.69) is 10.2 Å². The molecule has 4 heteroatoms. The average Bonchev–Trinajstić information content (AvgIpc) is 2.02. The molecule has 0 bridgehead atoms. The highest BCUT2D eigenvalue weighted by Gasteiger charge is 2.35. The topological polar surface area (TPSA) is 58.4 Å². The number of hydrogen-bond acceptors (Lipinski definition) is 3. The minimum atomic E-state index is -0.149. The van der Waals surface area contributed by atoms with E-state index in [-0.39, 0.29) is 11.8 Å². The second-order valence-electron chi connectivity index (χ2n) is 3.96. The Morgan fingerprint density at radius 3 is 2.77 bits per heavy atom. The summed E-state index contributed by atoms with van der Waals surface area (Å²) in [5, 5.41) is 3.22. The van der Waals surface area contributed by atoms with Crippen LogP contribution in [0, 0.1) is 5.92 Å². The van der Waals surface area contributed by atoms with Gasteiger partial charge in [-0.25, -0.2) is 0 Å². The van der Waals surface area contributed by atoms with Crippen LogP contribution in [0.2, 0.25) is 0 Å². The SMILES string of the molecule is NC(=O)[C@@H]1CNCC[C@H]1N1CCC1. The highest BCUT2D eigenvalue weighted by Crippen LogP contribution is 2.22. The van der Waals surface area contributed by atoms with Crippen molar-refractivity contribution in [3.8, 4) is 0 Å². The van der Waals surface area contributed by atoms with Gasteiger partial charge in [-0.3, -0.25) is 9.69 Å². The number of likely N-dealkylation sites (tertiary alicyclic amines) is 1. The van der Waals surface area contributed by atoms with E-state index in [9.17, 15) is 4.79 Å². The maximum absolute atomic E-state index is 11.2. The fourth-order valence-electron chi connectivity index (χ4n) is 2.24. The maximum Gasteiger partial charge on any atom is 0.223 e. The van der Waals surface area contributed by atoms with Crippen LogP contribution in [0.15, 0.2) is 0 Å². The lowest BCUT2D eigenvalue weighted by molar-refractivity contribution is -0.125. The number of carbonyl (C=O) groups is 1. The molecule has 3 N–H and O–H groups in total. The van der Waals surface area contributed by atoms with Crippen molar-refractivity contribution in [2.75, 3.05) is 26.2 Å². The van der Waals surface area contributed by atoms with Gasteiger partial charge in [0, 0.05) is 12.6 Å². The minimum Gasteiger partial charge on any atom is -0.369 e. The van der Waals surface area contributed by atoms with Crippen LogP contribution in [0.3, 0.4) is 0 Å². The Hall–Kier alpha value is -0.610. The van der Waals surface area contributed by atoms with E-state index < -0.39 is 0 Å². The summed E-state index contributed by atoms with van der Waals surface area (Å²) >= 11 is 0. The molecule has 2 saturated heterocycles. The molecular weight excluding hydrogens is 166 g/mol. The highest BCUT2D eigenvalue weighted by molar-refractivity contribution is 5.77. The number of carbonyl (C=O) groups excluding carboxylic acids is 1. The first-order chi connectivity index (χ1) is 6.29. The number of nitrogens with two attached hydrogens (primary N) is 1. The number of piperidine rings is 1. The standard InChI is InChI=1S/C9H17N3O/c10-9(13)7-6-11-3-2-8(7)12-4-1-5-12/h7-8,11H,1-6H2,(H2,10,13)/t7-,8-/m1/s1. The van der Waals surface area contributed by atoms with Crippen molar-refractivity contribution < 1.29 is 4.79 Å². The molecule has 1 amide bonds. The highest BCUT2D eigenvalue weighted by atomic mass is 16.1. The lowest BCUT2D eigenvalue weighted by atomic mass is 9.89. The number of nitrogens with zero attached hydrogens (tertiary/aromatic N) is 1. The van der Waals surface area contributed by atoms with E-state index in [4.69, 9.17) is 5.73 Å². The largest absolute Gasteiger partial charge is 0.369 e. The van der Waals surface area contributed by atoms with Gasteiger partial charge in [-0.2, -0.15) is 0 Å². The van der Waals surface area contributed by atoms with E-state index in [1.807, 2.05) is 0 Å². The summed E-state index contributed by atoms with van der Waals surface area (Å²) < 4.78 is 0. The first-order valence-corrected chi connectivity index (χ1v) is 5.03. The van der Waals surface area contributed by atoms with Crippen molar-refractivity contribution in [3.05, 3.63) is 0 Å². The number of amides is 1. The molecule has 0 saturated carbocycles. The maximum atomic E-state index is 11.2. The smallest absolute Gasteiger partial charge is 0.223 e. The Balaban J connectivity index is 1.99. The van der Waals surface area contributed by atoms with Crippen molar-refractivity contribution >= 4 is 5.91 Å². The first kappa shape index (κ1) is 8.97. The number of nitrogens with one attached hydrogen (secondary N) is 1. The van der Waals surface area contributed by atoms with Gasteiger partial charge in [0.25, 0.3) is 0 Å². The Morgan fingerprint density at radius 2 is 2.23 bits per heavy atom. The third-order valence-corrected chi connectivity index (χ3v) is 3.17. The molecule has 13 heavy (non-hydrogen) atoms. The molecule has 0 radical (unpaired) electrons. The van der Waals surface area contributed by atoms with Gasteiger partial charge in [0.15, 0.2) is 0 Å². The van der Waals surface area contributed by atoms with Crippen LogP contribution in [0.1, 0.15) is 12.8 Å². The van der Waals surface area contributed by atoms with Gasteiger partial charge in [0.2, 0.25) is 5.91 Å². The lowest BCUT2D eigenvalue weighted by Gasteiger charge is -2.43. The predicted molar refractivity (Wildman–Crippen MR) is 50.1 cm³/mol. The van der Waals surface area contributed by atoms with Gasteiger partial charge in [0.05, 0.1) is 5.92 Å². The van der Waals surface area contributed by atoms with Gasteiger partial charge < -0.3 is 11.1 Å². The zero-order valence-corrected chi connectivity index (χ0v) is 7.83. The summed E-state index contributed by atoms with van der Waals surface area (Å²) in [6, 6.07) is 0.410. The monoisotopic (exact) mass is 183 g/mol. The molecule has 0 aromatic carbocycles. The second-order valence-corrected chi connectivity index (χ2v) is 3.96. The summed E-state index contributed by atoms with van der Waals surface area (Å²) in [5.74, 6) is -0.127. The number of hydrogen-bond donors (Lipinski definition) is 2. The van der Waals surface area contributed by atoms with Crippen LogP contribution in [0.25, 0.3) is 0 Å². The van der Waals surface area contributed by atoms with Crippen molar-refractivity contribution in [1.29, 1.82) is 0 Å². The molecule has 0 aromatic heterocycles. The van der Waals surface area contributed by atoms with Gasteiger partial charge in [-0.05, 0) is 32.5 Å². The molecule has 0 unspecified atom stereocenters.